The van der Waals surface area contributed by atoms with Gasteiger partial charge in [0.15, 0.2) is 5.78 Å². The zero-order valence-corrected chi connectivity index (χ0v) is 9.04. The normalized spacial score (nSPS) is 12.5. The lowest BCUT2D eigenvalue weighted by molar-refractivity contribution is 0.0595. The molecule has 1 unspecified atom stereocenters. The van der Waals surface area contributed by atoms with Crippen molar-refractivity contribution in [1.82, 2.24) is 0 Å². The van der Waals surface area contributed by atoms with Crippen molar-refractivity contribution in [3.05, 3.63) is 34.9 Å². The summed E-state index contributed by atoms with van der Waals surface area (Å²) in [6.07, 6.45) is 0.328. The molecule has 0 heterocycles. The summed E-state index contributed by atoms with van der Waals surface area (Å²) < 4.78 is 5.06. The van der Waals surface area contributed by atoms with Gasteiger partial charge in [-0.2, -0.15) is 0 Å². The standard InChI is InChI=1S/C11H13ClO2/c1-3-10(14-2)11(13)8-4-6-9(12)7-5-8/h4-7,10H,3H2,1-2H3. The van der Waals surface area contributed by atoms with Gasteiger partial charge in [0.25, 0.3) is 0 Å². The van der Waals surface area contributed by atoms with E-state index in [1.165, 1.54) is 0 Å². The number of rotatable bonds is 4. The molecule has 2 nitrogen and oxygen atoms in total. The molecule has 76 valence electrons. The van der Waals surface area contributed by atoms with Gasteiger partial charge in [0.2, 0.25) is 0 Å². The van der Waals surface area contributed by atoms with Gasteiger partial charge < -0.3 is 4.74 Å². The van der Waals surface area contributed by atoms with Crippen LogP contribution in [0.15, 0.2) is 24.3 Å². The third kappa shape index (κ3) is 2.56. The fourth-order valence-electron chi connectivity index (χ4n) is 1.26. The number of hydrogen-bond acceptors (Lipinski definition) is 2. The molecular formula is C11H13ClO2. The van der Waals surface area contributed by atoms with E-state index in [2.05, 4.69) is 0 Å². The molecule has 0 aromatic heterocycles. The smallest absolute Gasteiger partial charge is 0.191 e. The molecule has 0 spiro atoms. The summed E-state index contributed by atoms with van der Waals surface area (Å²) in [5.74, 6) is 0.00617. The molecule has 0 bridgehead atoms. The number of halogens is 1. The number of ketones is 1. The van der Waals surface area contributed by atoms with Crippen LogP contribution in [-0.4, -0.2) is 19.0 Å². The van der Waals surface area contributed by atoms with Crippen molar-refractivity contribution in [3.8, 4) is 0 Å². The van der Waals surface area contributed by atoms with Crippen molar-refractivity contribution in [2.45, 2.75) is 19.4 Å². The quantitative estimate of drug-likeness (QED) is 0.718. The van der Waals surface area contributed by atoms with E-state index in [9.17, 15) is 4.79 Å². The van der Waals surface area contributed by atoms with Gasteiger partial charge in [0.05, 0.1) is 0 Å². The molecule has 14 heavy (non-hydrogen) atoms. The van der Waals surface area contributed by atoms with Gasteiger partial charge in [0, 0.05) is 17.7 Å². The van der Waals surface area contributed by atoms with Gasteiger partial charge in [-0.1, -0.05) is 18.5 Å². The molecule has 0 N–H and O–H groups in total. The fraction of sp³-hybridized carbons (Fsp3) is 0.364. The average molecular weight is 213 g/mol. The SMILES string of the molecule is CCC(OC)C(=O)c1ccc(Cl)cc1. The Morgan fingerprint density at radius 2 is 2.00 bits per heavy atom. The second-order valence-corrected chi connectivity index (χ2v) is 3.44. The summed E-state index contributed by atoms with van der Waals surface area (Å²) in [5, 5.41) is 0.631. The monoisotopic (exact) mass is 212 g/mol. The predicted octanol–water partition coefficient (Wildman–Crippen LogP) is 2.95. The number of carbonyl (C=O) groups is 1. The number of carbonyl (C=O) groups excluding carboxylic acids is 1. The van der Waals surface area contributed by atoms with Crippen molar-refractivity contribution in [3.63, 3.8) is 0 Å². The molecule has 1 rings (SSSR count). The van der Waals surface area contributed by atoms with Crippen LogP contribution in [0.4, 0.5) is 0 Å². The first kappa shape index (κ1) is 11.2. The molecule has 0 radical (unpaired) electrons. The molecule has 3 heteroatoms. The average Bonchev–Trinajstić information content (AvgIpc) is 2.20. The molecule has 0 aliphatic carbocycles. The lowest BCUT2D eigenvalue weighted by atomic mass is 10.0. The first-order chi connectivity index (χ1) is 6.69. The van der Waals surface area contributed by atoms with Crippen molar-refractivity contribution in [2.24, 2.45) is 0 Å². The number of ether oxygens (including phenoxy) is 1. The largest absolute Gasteiger partial charge is 0.373 e. The lowest BCUT2D eigenvalue weighted by Crippen LogP contribution is -2.21. The highest BCUT2D eigenvalue weighted by Crippen LogP contribution is 2.13. The first-order valence-electron chi connectivity index (χ1n) is 4.51. The van der Waals surface area contributed by atoms with Crippen LogP contribution in [0.1, 0.15) is 23.7 Å². The second kappa shape index (κ2) is 5.13. The van der Waals surface area contributed by atoms with E-state index in [1.807, 2.05) is 6.92 Å². The maximum absolute atomic E-state index is 11.8. The van der Waals surface area contributed by atoms with Crippen LogP contribution in [0.5, 0.6) is 0 Å². The van der Waals surface area contributed by atoms with Crippen molar-refractivity contribution < 1.29 is 9.53 Å². The summed E-state index contributed by atoms with van der Waals surface area (Å²) in [6.45, 7) is 1.92. The van der Waals surface area contributed by atoms with Crippen molar-refractivity contribution in [1.29, 1.82) is 0 Å². The number of hydrogen-bond donors (Lipinski definition) is 0. The minimum atomic E-state index is -0.351. The van der Waals surface area contributed by atoms with Crippen LogP contribution >= 0.6 is 11.6 Å². The Hall–Kier alpha value is -0.860. The Balaban J connectivity index is 2.83. The Morgan fingerprint density at radius 1 is 1.43 bits per heavy atom. The fourth-order valence-corrected chi connectivity index (χ4v) is 1.39. The van der Waals surface area contributed by atoms with Crippen molar-refractivity contribution >= 4 is 17.4 Å². The highest BCUT2D eigenvalue weighted by atomic mass is 35.5. The number of benzene rings is 1. The Kier molecular flexibility index (Phi) is 4.11. The van der Waals surface area contributed by atoms with E-state index in [1.54, 1.807) is 31.4 Å². The summed E-state index contributed by atoms with van der Waals surface area (Å²) in [7, 11) is 1.54. The molecule has 0 fully saturated rings. The van der Waals surface area contributed by atoms with Crippen LogP contribution < -0.4 is 0 Å². The molecule has 0 saturated heterocycles. The summed E-state index contributed by atoms with van der Waals surface area (Å²) in [5.41, 5.74) is 0.642. The molecule has 0 amide bonds. The zero-order chi connectivity index (χ0) is 10.6. The van der Waals surface area contributed by atoms with Crippen LogP contribution in [0.2, 0.25) is 5.02 Å². The Labute approximate surface area is 88.8 Å². The van der Waals surface area contributed by atoms with Gasteiger partial charge in [-0.15, -0.1) is 0 Å². The van der Waals surface area contributed by atoms with Crippen LogP contribution in [0, 0.1) is 0 Å². The van der Waals surface area contributed by atoms with E-state index in [-0.39, 0.29) is 11.9 Å². The minimum Gasteiger partial charge on any atom is -0.373 e. The van der Waals surface area contributed by atoms with Crippen LogP contribution in [0.3, 0.4) is 0 Å². The molecule has 0 aliphatic heterocycles. The van der Waals surface area contributed by atoms with Crippen LogP contribution in [-0.2, 0) is 4.74 Å². The maximum Gasteiger partial charge on any atom is 0.191 e. The minimum absolute atomic E-state index is 0.00617. The summed E-state index contributed by atoms with van der Waals surface area (Å²) >= 11 is 5.72. The molecule has 1 atom stereocenters. The van der Waals surface area contributed by atoms with Gasteiger partial charge in [-0.05, 0) is 30.7 Å². The topological polar surface area (TPSA) is 26.3 Å². The van der Waals surface area contributed by atoms with Gasteiger partial charge in [-0.3, -0.25) is 4.79 Å². The van der Waals surface area contributed by atoms with Gasteiger partial charge in [-0.25, -0.2) is 0 Å². The Bertz CT molecular complexity index is 302. The maximum atomic E-state index is 11.8. The van der Waals surface area contributed by atoms with Gasteiger partial charge in [0.1, 0.15) is 6.10 Å². The van der Waals surface area contributed by atoms with E-state index >= 15 is 0 Å². The predicted molar refractivity (Wildman–Crippen MR) is 56.9 cm³/mol. The van der Waals surface area contributed by atoms with E-state index < -0.39 is 0 Å². The van der Waals surface area contributed by atoms with Crippen LogP contribution in [0.25, 0.3) is 0 Å². The number of Topliss-reactive ketones (excluding diaryl/α,β-unsaturated/α-hetero) is 1. The third-order valence-electron chi connectivity index (χ3n) is 2.08. The third-order valence-corrected chi connectivity index (χ3v) is 2.33. The van der Waals surface area contributed by atoms with E-state index in [0.29, 0.717) is 17.0 Å². The second-order valence-electron chi connectivity index (χ2n) is 3.00. The molecular weight excluding hydrogens is 200 g/mol. The summed E-state index contributed by atoms with van der Waals surface area (Å²) in [6, 6.07) is 6.84. The number of methoxy groups -OCH3 is 1. The van der Waals surface area contributed by atoms with Gasteiger partial charge >= 0.3 is 0 Å². The molecule has 1 aromatic carbocycles. The first-order valence-corrected chi connectivity index (χ1v) is 4.89. The lowest BCUT2D eigenvalue weighted by Gasteiger charge is -2.11. The highest BCUT2D eigenvalue weighted by molar-refractivity contribution is 6.30. The zero-order valence-electron chi connectivity index (χ0n) is 8.29. The molecule has 1 aromatic rings. The highest BCUT2D eigenvalue weighted by Gasteiger charge is 2.16. The Morgan fingerprint density at radius 3 is 2.43 bits per heavy atom. The van der Waals surface area contributed by atoms with Crippen molar-refractivity contribution in [2.75, 3.05) is 7.11 Å². The summed E-state index contributed by atoms with van der Waals surface area (Å²) in [4.78, 5) is 11.8. The molecule has 0 saturated carbocycles. The van der Waals surface area contributed by atoms with E-state index in [0.717, 1.165) is 0 Å². The van der Waals surface area contributed by atoms with E-state index in [4.69, 9.17) is 16.3 Å². The molecule has 0 aliphatic rings.